The Kier molecular flexibility index (Phi) is 7.15. The average molecular weight is 495 g/mol. The van der Waals surface area contributed by atoms with Gasteiger partial charge in [-0.25, -0.2) is 12.7 Å². The third-order valence-corrected chi connectivity index (χ3v) is 9.10. The van der Waals surface area contributed by atoms with Gasteiger partial charge in [0, 0.05) is 34.6 Å². The first-order chi connectivity index (χ1) is 15.2. The second-order valence-electron chi connectivity index (χ2n) is 8.74. The Labute approximate surface area is 200 Å². The molecule has 0 radical (unpaired) electrons. The smallest absolute Gasteiger partial charge is 0.223 e. The van der Waals surface area contributed by atoms with Crippen molar-refractivity contribution in [2.24, 2.45) is 5.92 Å². The number of rotatable bonds is 6. The standard InChI is InChI=1S/C24H28Cl2N2O3S/c1-16(19-9-8-17-4-2-5-20(17)14-19)27-24(29)18-10-12-28(13-11-18)32(30,31)15-21-22(25)6-3-7-23(21)26/h3,6-9,14,16,18H,2,4-5,10-13,15H2,1H3,(H,27,29). The second-order valence-corrected chi connectivity index (χ2v) is 11.5. The number of nitrogens with one attached hydrogen (secondary N) is 1. The largest absolute Gasteiger partial charge is 0.349 e. The molecule has 0 spiro atoms. The van der Waals surface area contributed by atoms with Gasteiger partial charge in [0.05, 0.1) is 11.8 Å². The van der Waals surface area contributed by atoms with Crippen LogP contribution in [-0.4, -0.2) is 31.7 Å². The number of sulfonamides is 1. The van der Waals surface area contributed by atoms with E-state index in [1.165, 1.54) is 21.9 Å². The highest BCUT2D eigenvalue weighted by Gasteiger charge is 2.32. The molecule has 2 aromatic carbocycles. The third kappa shape index (κ3) is 5.14. The fourth-order valence-corrected chi connectivity index (χ4v) is 6.93. The van der Waals surface area contributed by atoms with Gasteiger partial charge in [0.25, 0.3) is 0 Å². The highest BCUT2D eigenvalue weighted by Crippen LogP contribution is 2.30. The Morgan fingerprint density at radius 2 is 1.75 bits per heavy atom. The Bertz CT molecular complexity index is 1090. The molecule has 172 valence electrons. The lowest BCUT2D eigenvalue weighted by Crippen LogP contribution is -2.43. The minimum atomic E-state index is -3.57. The Balaban J connectivity index is 1.33. The van der Waals surface area contributed by atoms with Crippen molar-refractivity contribution in [3.8, 4) is 0 Å². The first-order valence-electron chi connectivity index (χ1n) is 11.1. The zero-order valence-corrected chi connectivity index (χ0v) is 20.4. The van der Waals surface area contributed by atoms with Crippen LogP contribution in [0.1, 0.15) is 54.5 Å². The molecule has 0 aromatic heterocycles. The topological polar surface area (TPSA) is 66.5 Å². The van der Waals surface area contributed by atoms with Crippen molar-refractivity contribution < 1.29 is 13.2 Å². The number of aryl methyl sites for hydroxylation is 2. The minimum absolute atomic E-state index is 0.0100. The van der Waals surface area contributed by atoms with E-state index in [1.54, 1.807) is 18.2 Å². The lowest BCUT2D eigenvalue weighted by Gasteiger charge is -2.31. The van der Waals surface area contributed by atoms with E-state index in [0.717, 1.165) is 18.4 Å². The van der Waals surface area contributed by atoms with E-state index >= 15 is 0 Å². The summed E-state index contributed by atoms with van der Waals surface area (Å²) in [6.45, 7) is 2.63. The SMILES string of the molecule is CC(NC(=O)C1CCN(S(=O)(=O)Cc2c(Cl)cccc2Cl)CC1)c1ccc2c(c1)CCC2. The highest BCUT2D eigenvalue weighted by atomic mass is 35.5. The van der Waals surface area contributed by atoms with Crippen LogP contribution in [0.4, 0.5) is 0 Å². The number of nitrogens with zero attached hydrogens (tertiary/aromatic N) is 1. The molecule has 8 heteroatoms. The molecule has 0 saturated carbocycles. The second kappa shape index (κ2) is 9.72. The zero-order chi connectivity index (χ0) is 22.9. The summed E-state index contributed by atoms with van der Waals surface area (Å²) in [6.07, 6.45) is 4.44. The lowest BCUT2D eigenvalue weighted by atomic mass is 9.96. The Hall–Kier alpha value is -1.60. The molecule has 1 atom stereocenters. The maximum Gasteiger partial charge on any atom is 0.223 e. The van der Waals surface area contributed by atoms with Crippen LogP contribution in [0.3, 0.4) is 0 Å². The van der Waals surface area contributed by atoms with Crippen LogP contribution in [0, 0.1) is 5.92 Å². The molecule has 2 aromatic rings. The number of amides is 1. The van der Waals surface area contributed by atoms with Gasteiger partial charge in [-0.1, -0.05) is 47.5 Å². The molecular formula is C24H28Cl2N2O3S. The number of fused-ring (bicyclic) bond motifs is 1. The molecule has 1 aliphatic heterocycles. The van der Waals surface area contributed by atoms with Gasteiger partial charge in [0.2, 0.25) is 15.9 Å². The number of piperidine rings is 1. The predicted octanol–water partition coefficient (Wildman–Crippen LogP) is 4.90. The predicted molar refractivity (Wildman–Crippen MR) is 128 cm³/mol. The molecule has 0 bridgehead atoms. The van der Waals surface area contributed by atoms with E-state index < -0.39 is 10.0 Å². The van der Waals surface area contributed by atoms with E-state index in [0.29, 0.717) is 41.5 Å². The van der Waals surface area contributed by atoms with Gasteiger partial charge < -0.3 is 5.32 Å². The summed E-state index contributed by atoms with van der Waals surface area (Å²) in [5, 5.41) is 3.81. The van der Waals surface area contributed by atoms with Crippen molar-refractivity contribution in [2.45, 2.75) is 50.8 Å². The zero-order valence-electron chi connectivity index (χ0n) is 18.1. The van der Waals surface area contributed by atoms with Crippen molar-refractivity contribution in [1.82, 2.24) is 9.62 Å². The number of benzene rings is 2. The van der Waals surface area contributed by atoms with E-state index in [-0.39, 0.29) is 23.6 Å². The molecule has 5 nitrogen and oxygen atoms in total. The summed E-state index contributed by atoms with van der Waals surface area (Å²) in [7, 11) is -3.57. The summed E-state index contributed by atoms with van der Waals surface area (Å²) in [4.78, 5) is 12.8. The Morgan fingerprint density at radius 1 is 1.09 bits per heavy atom. The number of halogens is 2. The number of carbonyl (C=O) groups excluding carboxylic acids is 1. The van der Waals surface area contributed by atoms with Gasteiger partial charge in [0.1, 0.15) is 0 Å². The normalized spacial score (nSPS) is 18.3. The maximum atomic E-state index is 12.9. The van der Waals surface area contributed by atoms with Gasteiger partial charge in [0.15, 0.2) is 0 Å². The molecule has 1 heterocycles. The first kappa shape index (κ1) is 23.6. The molecule has 1 N–H and O–H groups in total. The van der Waals surface area contributed by atoms with Gasteiger partial charge >= 0.3 is 0 Å². The summed E-state index contributed by atoms with van der Waals surface area (Å²) >= 11 is 12.3. The molecule has 1 saturated heterocycles. The number of hydrogen-bond acceptors (Lipinski definition) is 3. The first-order valence-corrected chi connectivity index (χ1v) is 13.4. The van der Waals surface area contributed by atoms with Crippen molar-refractivity contribution in [1.29, 1.82) is 0 Å². The monoisotopic (exact) mass is 494 g/mol. The van der Waals surface area contributed by atoms with Crippen molar-refractivity contribution in [2.75, 3.05) is 13.1 Å². The van der Waals surface area contributed by atoms with E-state index in [1.807, 2.05) is 6.92 Å². The van der Waals surface area contributed by atoms with E-state index in [9.17, 15) is 13.2 Å². The van der Waals surface area contributed by atoms with E-state index in [4.69, 9.17) is 23.2 Å². The summed E-state index contributed by atoms with van der Waals surface area (Å²) in [5.41, 5.74) is 4.34. The van der Waals surface area contributed by atoms with Crippen LogP contribution in [0.5, 0.6) is 0 Å². The van der Waals surface area contributed by atoms with Crippen LogP contribution in [0.15, 0.2) is 36.4 Å². The fraction of sp³-hybridized carbons (Fsp3) is 0.458. The number of hydrogen-bond donors (Lipinski definition) is 1. The Morgan fingerprint density at radius 3 is 2.44 bits per heavy atom. The van der Waals surface area contributed by atoms with Crippen LogP contribution >= 0.6 is 23.2 Å². The summed E-state index contributed by atoms with van der Waals surface area (Å²) in [5.74, 6) is -0.441. The quantitative estimate of drug-likeness (QED) is 0.620. The van der Waals surface area contributed by atoms with Crippen molar-refractivity contribution >= 4 is 39.1 Å². The molecule has 1 amide bonds. The van der Waals surface area contributed by atoms with Crippen LogP contribution in [-0.2, 0) is 33.4 Å². The highest BCUT2D eigenvalue weighted by molar-refractivity contribution is 7.88. The molecule has 2 aliphatic rings. The maximum absolute atomic E-state index is 12.9. The minimum Gasteiger partial charge on any atom is -0.349 e. The lowest BCUT2D eigenvalue weighted by molar-refractivity contribution is -0.126. The molecule has 32 heavy (non-hydrogen) atoms. The van der Waals surface area contributed by atoms with Crippen molar-refractivity contribution in [3.05, 3.63) is 68.7 Å². The van der Waals surface area contributed by atoms with Crippen LogP contribution in [0.2, 0.25) is 10.0 Å². The van der Waals surface area contributed by atoms with Gasteiger partial charge in [-0.3, -0.25) is 4.79 Å². The van der Waals surface area contributed by atoms with Gasteiger partial charge in [-0.15, -0.1) is 0 Å². The average Bonchev–Trinajstić information content (AvgIpc) is 3.24. The number of carbonyl (C=O) groups is 1. The van der Waals surface area contributed by atoms with E-state index in [2.05, 4.69) is 23.5 Å². The molecule has 1 fully saturated rings. The molecule has 1 unspecified atom stereocenters. The summed E-state index contributed by atoms with van der Waals surface area (Å²) < 4.78 is 27.2. The van der Waals surface area contributed by atoms with Crippen molar-refractivity contribution in [3.63, 3.8) is 0 Å². The fourth-order valence-electron chi connectivity index (χ4n) is 4.62. The molecule has 1 aliphatic carbocycles. The van der Waals surface area contributed by atoms with Gasteiger partial charge in [-0.05, 0) is 67.9 Å². The molecule has 4 rings (SSSR count). The van der Waals surface area contributed by atoms with Crippen LogP contribution < -0.4 is 5.32 Å². The summed E-state index contributed by atoms with van der Waals surface area (Å²) in [6, 6.07) is 11.4. The van der Waals surface area contributed by atoms with Crippen LogP contribution in [0.25, 0.3) is 0 Å². The third-order valence-electron chi connectivity index (χ3n) is 6.59. The molecular weight excluding hydrogens is 467 g/mol. The van der Waals surface area contributed by atoms with Gasteiger partial charge in [-0.2, -0.15) is 0 Å².